The van der Waals surface area contributed by atoms with Gasteiger partial charge in [0.25, 0.3) is 0 Å². The number of fused-ring (bicyclic) bond motifs is 2. The molecule has 31 heavy (non-hydrogen) atoms. The van der Waals surface area contributed by atoms with E-state index < -0.39 is 0 Å². The summed E-state index contributed by atoms with van der Waals surface area (Å²) in [5.41, 5.74) is 0. The van der Waals surface area contributed by atoms with Gasteiger partial charge in [-0.15, -0.1) is 0 Å². The maximum absolute atomic E-state index is 9.57. The van der Waals surface area contributed by atoms with Crippen molar-refractivity contribution in [2.45, 2.75) is 38.7 Å². The van der Waals surface area contributed by atoms with Gasteiger partial charge in [0.1, 0.15) is 23.0 Å². The first-order valence-electron chi connectivity index (χ1n) is 10.8. The van der Waals surface area contributed by atoms with Crippen LogP contribution >= 0.6 is 0 Å². The molecule has 0 bridgehead atoms. The topological polar surface area (TPSA) is 58.9 Å². The number of aromatic hydroxyl groups is 2. The van der Waals surface area contributed by atoms with Crippen molar-refractivity contribution >= 4 is 21.5 Å². The molecule has 4 aromatic rings. The molecule has 0 aromatic heterocycles. The van der Waals surface area contributed by atoms with Crippen molar-refractivity contribution in [2.24, 2.45) is 0 Å². The zero-order chi connectivity index (χ0) is 21.6. The lowest BCUT2D eigenvalue weighted by Gasteiger charge is -2.15. The van der Waals surface area contributed by atoms with Gasteiger partial charge >= 0.3 is 0 Å². The maximum Gasteiger partial charge on any atom is 0.120 e. The van der Waals surface area contributed by atoms with Crippen LogP contribution in [0.2, 0.25) is 0 Å². The van der Waals surface area contributed by atoms with Crippen LogP contribution in [0.15, 0.2) is 72.8 Å². The minimum atomic E-state index is 0.146. The van der Waals surface area contributed by atoms with Gasteiger partial charge in [-0.1, -0.05) is 24.3 Å². The van der Waals surface area contributed by atoms with Crippen LogP contribution < -0.4 is 9.47 Å². The monoisotopic (exact) mass is 416 g/mol. The first-order valence-corrected chi connectivity index (χ1v) is 10.8. The van der Waals surface area contributed by atoms with Crippen LogP contribution in [0.1, 0.15) is 32.6 Å². The standard InChI is InChI=1S/C27H28O4/c1-19(31-27-13-9-21-16-25(29)11-7-23(21)18-27)5-3-2-4-14-30-26-12-8-20-15-24(28)10-6-22(20)17-26/h6-13,15-19,28-29H,2-5,14H2,1H3. The van der Waals surface area contributed by atoms with Gasteiger partial charge in [-0.2, -0.15) is 0 Å². The summed E-state index contributed by atoms with van der Waals surface area (Å²) in [4.78, 5) is 0. The number of hydrogen-bond donors (Lipinski definition) is 2. The SMILES string of the molecule is CC(CCCCCOc1ccc2cc(O)ccc2c1)Oc1ccc2cc(O)ccc2c1. The fourth-order valence-corrected chi connectivity index (χ4v) is 3.78. The molecule has 0 amide bonds. The highest BCUT2D eigenvalue weighted by Crippen LogP contribution is 2.26. The Balaban J connectivity index is 1.17. The van der Waals surface area contributed by atoms with Gasteiger partial charge in [0.2, 0.25) is 0 Å². The van der Waals surface area contributed by atoms with Crippen molar-refractivity contribution in [2.75, 3.05) is 6.61 Å². The van der Waals surface area contributed by atoms with Gasteiger partial charge in [0, 0.05) is 0 Å². The fourth-order valence-electron chi connectivity index (χ4n) is 3.78. The van der Waals surface area contributed by atoms with Crippen LogP contribution in [-0.2, 0) is 0 Å². The maximum atomic E-state index is 9.57. The Bertz CT molecular complexity index is 1170. The summed E-state index contributed by atoms with van der Waals surface area (Å²) in [5.74, 6) is 2.28. The summed E-state index contributed by atoms with van der Waals surface area (Å²) in [6.45, 7) is 2.79. The van der Waals surface area contributed by atoms with Crippen molar-refractivity contribution in [1.29, 1.82) is 0 Å². The molecule has 4 nitrogen and oxygen atoms in total. The lowest BCUT2D eigenvalue weighted by Crippen LogP contribution is -2.11. The van der Waals surface area contributed by atoms with Gasteiger partial charge in [0.15, 0.2) is 0 Å². The third kappa shape index (κ3) is 5.60. The van der Waals surface area contributed by atoms with Gasteiger partial charge in [-0.05, 0) is 103 Å². The smallest absolute Gasteiger partial charge is 0.120 e. The molecule has 4 rings (SSSR count). The molecule has 1 atom stereocenters. The quantitative estimate of drug-likeness (QED) is 0.294. The van der Waals surface area contributed by atoms with E-state index in [2.05, 4.69) is 6.92 Å². The van der Waals surface area contributed by atoms with E-state index in [1.54, 1.807) is 24.3 Å². The van der Waals surface area contributed by atoms with Gasteiger partial charge in [-0.25, -0.2) is 0 Å². The van der Waals surface area contributed by atoms with E-state index in [0.717, 1.165) is 58.7 Å². The van der Waals surface area contributed by atoms with Crippen molar-refractivity contribution < 1.29 is 19.7 Å². The molecule has 160 valence electrons. The van der Waals surface area contributed by atoms with E-state index in [4.69, 9.17) is 9.47 Å². The fraction of sp³-hybridized carbons (Fsp3) is 0.259. The molecule has 0 spiro atoms. The van der Waals surface area contributed by atoms with Crippen LogP contribution in [0, 0.1) is 0 Å². The lowest BCUT2D eigenvalue weighted by molar-refractivity contribution is 0.205. The summed E-state index contributed by atoms with van der Waals surface area (Å²) in [5, 5.41) is 23.3. The predicted octanol–water partition coefficient (Wildman–Crippen LogP) is 6.81. The van der Waals surface area contributed by atoms with E-state index in [1.807, 2.05) is 48.5 Å². The van der Waals surface area contributed by atoms with Crippen molar-refractivity contribution in [3.05, 3.63) is 72.8 Å². The highest BCUT2D eigenvalue weighted by molar-refractivity contribution is 5.85. The minimum absolute atomic E-state index is 0.146. The van der Waals surface area contributed by atoms with Crippen LogP contribution in [-0.4, -0.2) is 22.9 Å². The molecule has 0 aliphatic rings. The molecule has 1 unspecified atom stereocenters. The summed E-state index contributed by atoms with van der Waals surface area (Å²) in [6, 6.07) is 22.6. The zero-order valence-corrected chi connectivity index (χ0v) is 17.8. The van der Waals surface area contributed by atoms with Crippen molar-refractivity contribution in [3.8, 4) is 23.0 Å². The lowest BCUT2D eigenvalue weighted by atomic mass is 10.1. The third-order valence-electron chi connectivity index (χ3n) is 5.45. The Morgan fingerprint density at radius 2 is 1.19 bits per heavy atom. The van der Waals surface area contributed by atoms with Gasteiger partial charge in [-0.3, -0.25) is 0 Å². The summed E-state index contributed by atoms with van der Waals surface area (Å²) in [7, 11) is 0. The largest absolute Gasteiger partial charge is 0.508 e. The second-order valence-corrected chi connectivity index (χ2v) is 8.01. The Morgan fingerprint density at radius 3 is 1.87 bits per heavy atom. The van der Waals surface area contributed by atoms with Gasteiger partial charge in [0.05, 0.1) is 12.7 Å². The Labute approximate surface area is 182 Å². The molecule has 4 aromatic carbocycles. The Morgan fingerprint density at radius 1 is 0.645 bits per heavy atom. The molecule has 0 radical (unpaired) electrons. The average molecular weight is 417 g/mol. The molecular weight excluding hydrogens is 388 g/mol. The number of ether oxygens (including phenoxy) is 2. The number of rotatable bonds is 9. The van der Waals surface area contributed by atoms with Crippen LogP contribution in [0.3, 0.4) is 0 Å². The molecule has 0 saturated carbocycles. The molecule has 0 aliphatic heterocycles. The highest BCUT2D eigenvalue weighted by Gasteiger charge is 2.06. The Hall–Kier alpha value is -3.40. The normalized spacial score (nSPS) is 12.2. The molecule has 4 heteroatoms. The summed E-state index contributed by atoms with van der Waals surface area (Å²) < 4.78 is 12.0. The van der Waals surface area contributed by atoms with E-state index in [1.165, 1.54) is 0 Å². The molecular formula is C27H28O4. The Kier molecular flexibility index (Phi) is 6.46. The molecule has 0 fully saturated rings. The van der Waals surface area contributed by atoms with E-state index in [0.29, 0.717) is 6.61 Å². The highest BCUT2D eigenvalue weighted by atomic mass is 16.5. The van der Waals surface area contributed by atoms with Crippen molar-refractivity contribution in [3.63, 3.8) is 0 Å². The molecule has 0 heterocycles. The predicted molar refractivity (Wildman–Crippen MR) is 125 cm³/mol. The zero-order valence-electron chi connectivity index (χ0n) is 17.8. The number of phenolic OH excluding ortho intramolecular Hbond substituents is 2. The van der Waals surface area contributed by atoms with Crippen molar-refractivity contribution in [1.82, 2.24) is 0 Å². The third-order valence-corrected chi connectivity index (χ3v) is 5.45. The average Bonchev–Trinajstić information content (AvgIpc) is 2.76. The second-order valence-electron chi connectivity index (χ2n) is 8.01. The first kappa shape index (κ1) is 20.9. The molecule has 0 aliphatic carbocycles. The molecule has 2 N–H and O–H groups in total. The van der Waals surface area contributed by atoms with E-state index >= 15 is 0 Å². The van der Waals surface area contributed by atoms with E-state index in [-0.39, 0.29) is 17.6 Å². The van der Waals surface area contributed by atoms with Gasteiger partial charge < -0.3 is 19.7 Å². The molecule has 0 saturated heterocycles. The number of phenols is 2. The van der Waals surface area contributed by atoms with Crippen LogP contribution in [0.4, 0.5) is 0 Å². The number of benzene rings is 4. The van der Waals surface area contributed by atoms with Crippen LogP contribution in [0.5, 0.6) is 23.0 Å². The second kappa shape index (κ2) is 9.61. The summed E-state index contributed by atoms with van der Waals surface area (Å²) in [6.07, 6.45) is 4.31. The first-order chi connectivity index (χ1) is 15.1. The number of unbranched alkanes of at least 4 members (excludes halogenated alkanes) is 2. The summed E-state index contributed by atoms with van der Waals surface area (Å²) >= 11 is 0. The van der Waals surface area contributed by atoms with Crippen LogP contribution in [0.25, 0.3) is 21.5 Å². The number of hydrogen-bond acceptors (Lipinski definition) is 4. The minimum Gasteiger partial charge on any atom is -0.508 e. The van der Waals surface area contributed by atoms with E-state index in [9.17, 15) is 10.2 Å².